The van der Waals surface area contributed by atoms with Crippen LogP contribution in [0.1, 0.15) is 94.2 Å². The smallest absolute Gasteiger partial charge is 0.405 e. The van der Waals surface area contributed by atoms with Gasteiger partial charge < -0.3 is 38.1 Å². The molecular formula is C36H46B3BrF12O8. The molecule has 0 unspecified atom stereocenters. The second kappa shape index (κ2) is 16.2. The first-order valence-electron chi connectivity index (χ1n) is 18.1. The Labute approximate surface area is 349 Å². The Balaban J connectivity index is 0.000000247. The number of hydrogen-bond donors (Lipinski definition) is 2. The van der Waals surface area contributed by atoms with Gasteiger partial charge in [-0.1, -0.05) is 52.3 Å². The SMILES string of the molecule is CC1(C)OB(B2OC(C)(C)C(C)(C)O2)OC1(C)C.CC1(C)OB(c2cccc(C(O)(C(F)(F)F)C(F)(F)F)c2)OC1(C)C.OC(c1cccc(Br)c1)(C(F)(F)F)C(F)(F)F. The molecule has 3 saturated heterocycles. The fraction of sp³-hybridized carbons (Fsp3) is 0.667. The van der Waals surface area contributed by atoms with Gasteiger partial charge in [0.15, 0.2) is 0 Å². The predicted molar refractivity (Wildman–Crippen MR) is 200 cm³/mol. The highest BCUT2D eigenvalue weighted by Gasteiger charge is 2.72. The van der Waals surface area contributed by atoms with Crippen molar-refractivity contribution in [2.75, 3.05) is 0 Å². The molecule has 2 aromatic carbocycles. The largest absolute Gasteiger partial charge is 0.494 e. The van der Waals surface area contributed by atoms with Crippen molar-refractivity contribution >= 4 is 42.5 Å². The maximum absolute atomic E-state index is 13.0. The maximum Gasteiger partial charge on any atom is 0.494 e. The van der Waals surface area contributed by atoms with Gasteiger partial charge in [-0.15, -0.1) is 0 Å². The molecule has 24 heteroatoms. The normalized spacial score (nSPS) is 22.2. The standard InChI is InChI=1S/C15H17BF6O3.C12H24B2O4.C9H5BrF6O/c1-11(2)12(3,4)25-16(24-11)10-7-5-6-9(8-10)13(23,14(17,18)19)15(20,21)22;1-9(2)10(3,4)16-13(15-9)14-17-11(5,6)12(7,8)18-14;10-6-3-1-2-5(4-6)7(17,8(11,12)13)9(14,15)16/h5-8,23H,1-4H3;1-8H3;1-4,17H. The van der Waals surface area contributed by atoms with Gasteiger partial charge in [-0.2, -0.15) is 52.7 Å². The van der Waals surface area contributed by atoms with E-state index in [0.717, 1.165) is 12.1 Å². The molecule has 338 valence electrons. The first kappa shape index (κ1) is 52.3. The molecule has 0 atom stereocenters. The molecule has 3 aliphatic rings. The summed E-state index contributed by atoms with van der Waals surface area (Å²) in [6, 6.07) is 6.78. The molecule has 0 saturated carbocycles. The van der Waals surface area contributed by atoms with Crippen LogP contribution in [0, 0.1) is 0 Å². The van der Waals surface area contributed by atoms with Crippen LogP contribution in [0.5, 0.6) is 0 Å². The Morgan fingerprint density at radius 2 is 0.700 bits per heavy atom. The van der Waals surface area contributed by atoms with Crippen molar-refractivity contribution in [2.24, 2.45) is 0 Å². The quantitative estimate of drug-likeness (QED) is 0.232. The number of benzene rings is 2. The molecule has 2 aromatic rings. The van der Waals surface area contributed by atoms with Crippen molar-refractivity contribution < 1.29 is 90.8 Å². The summed E-state index contributed by atoms with van der Waals surface area (Å²) >= 11 is 2.74. The summed E-state index contributed by atoms with van der Waals surface area (Å²) in [6.07, 6.45) is -23.6. The van der Waals surface area contributed by atoms with E-state index in [4.69, 9.17) is 33.0 Å². The van der Waals surface area contributed by atoms with Gasteiger partial charge in [-0.25, -0.2) is 0 Å². The Kier molecular flexibility index (Phi) is 14.1. The summed E-state index contributed by atoms with van der Waals surface area (Å²) in [7, 11) is -2.11. The van der Waals surface area contributed by atoms with Crippen molar-refractivity contribution in [3.05, 3.63) is 64.1 Å². The summed E-state index contributed by atoms with van der Waals surface area (Å²) in [6.45, 7) is 23.0. The molecule has 0 radical (unpaired) electrons. The molecule has 0 spiro atoms. The third kappa shape index (κ3) is 9.85. The summed E-state index contributed by atoms with van der Waals surface area (Å²) in [5, 5.41) is 18.5. The highest BCUT2D eigenvalue weighted by Crippen LogP contribution is 2.51. The highest BCUT2D eigenvalue weighted by atomic mass is 79.9. The van der Waals surface area contributed by atoms with E-state index in [1.165, 1.54) is 12.1 Å². The minimum absolute atomic E-state index is 0.00178. The molecule has 0 aliphatic carbocycles. The van der Waals surface area contributed by atoms with E-state index >= 15 is 0 Å². The Morgan fingerprint density at radius 3 is 0.983 bits per heavy atom. The first-order chi connectivity index (χ1) is 26.4. The highest BCUT2D eigenvalue weighted by molar-refractivity contribution is 9.10. The molecule has 0 aromatic heterocycles. The Bertz CT molecular complexity index is 1720. The monoisotopic (exact) mass is 946 g/mol. The average Bonchev–Trinajstić information content (AvgIpc) is 3.51. The zero-order valence-electron chi connectivity index (χ0n) is 34.6. The second-order valence-electron chi connectivity index (χ2n) is 17.4. The Hall–Kier alpha value is -2.05. The Morgan fingerprint density at radius 1 is 0.433 bits per heavy atom. The van der Waals surface area contributed by atoms with Crippen molar-refractivity contribution in [3.8, 4) is 0 Å². The van der Waals surface area contributed by atoms with Gasteiger partial charge in [0.25, 0.3) is 11.2 Å². The van der Waals surface area contributed by atoms with Crippen molar-refractivity contribution in [3.63, 3.8) is 0 Å². The van der Waals surface area contributed by atoms with Crippen LogP contribution in [0.15, 0.2) is 53.0 Å². The van der Waals surface area contributed by atoms with Crippen LogP contribution < -0.4 is 5.46 Å². The van der Waals surface area contributed by atoms with Gasteiger partial charge in [0.2, 0.25) is 0 Å². The van der Waals surface area contributed by atoms with Crippen molar-refractivity contribution in [2.45, 2.75) is 153 Å². The van der Waals surface area contributed by atoms with Crippen molar-refractivity contribution in [1.29, 1.82) is 0 Å². The van der Waals surface area contributed by atoms with Crippen LogP contribution in [-0.4, -0.2) is 89.7 Å². The summed E-state index contributed by atoms with van der Waals surface area (Å²) in [5.41, 5.74) is -15.6. The summed E-state index contributed by atoms with van der Waals surface area (Å²) in [4.78, 5) is 0. The molecule has 3 fully saturated rings. The molecule has 2 N–H and O–H groups in total. The zero-order valence-corrected chi connectivity index (χ0v) is 36.2. The molecule has 0 amide bonds. The van der Waals surface area contributed by atoms with Gasteiger partial charge >= 0.3 is 45.8 Å². The van der Waals surface area contributed by atoms with Crippen LogP contribution >= 0.6 is 15.9 Å². The lowest BCUT2D eigenvalue weighted by atomic mass is 9.49. The molecule has 0 bridgehead atoms. The summed E-state index contributed by atoms with van der Waals surface area (Å²) < 4.78 is 188. The minimum Gasteiger partial charge on any atom is -0.405 e. The van der Waals surface area contributed by atoms with Crippen LogP contribution in [0.25, 0.3) is 0 Å². The fourth-order valence-electron chi connectivity index (χ4n) is 5.58. The van der Waals surface area contributed by atoms with Gasteiger partial charge in [0.1, 0.15) is 0 Å². The topological polar surface area (TPSA) is 95.8 Å². The fourth-order valence-corrected chi connectivity index (χ4v) is 5.98. The number of halogens is 13. The van der Waals surface area contributed by atoms with Crippen LogP contribution in [0.4, 0.5) is 52.7 Å². The lowest BCUT2D eigenvalue weighted by Gasteiger charge is -2.33. The predicted octanol–water partition coefficient (Wildman–Crippen LogP) is 9.31. The molecule has 60 heavy (non-hydrogen) atoms. The van der Waals surface area contributed by atoms with Crippen LogP contribution in [-0.2, 0) is 39.1 Å². The third-order valence-corrected chi connectivity index (χ3v) is 12.0. The zero-order chi connectivity index (χ0) is 46.9. The lowest BCUT2D eigenvalue weighted by Crippen LogP contribution is -2.54. The number of rotatable bonds is 4. The van der Waals surface area contributed by atoms with Gasteiger partial charge in [-0.3, -0.25) is 0 Å². The van der Waals surface area contributed by atoms with E-state index in [0.29, 0.717) is 24.3 Å². The van der Waals surface area contributed by atoms with Gasteiger partial charge in [0, 0.05) is 15.6 Å². The minimum atomic E-state index is -5.94. The van der Waals surface area contributed by atoms with Crippen LogP contribution in [0.2, 0.25) is 0 Å². The van der Waals surface area contributed by atoms with Gasteiger partial charge in [0.05, 0.1) is 33.6 Å². The molecular weight excluding hydrogens is 901 g/mol. The second-order valence-corrected chi connectivity index (χ2v) is 18.3. The third-order valence-electron chi connectivity index (χ3n) is 11.5. The summed E-state index contributed by atoms with van der Waals surface area (Å²) in [5.74, 6) is 0. The maximum atomic E-state index is 13.0. The molecule has 5 rings (SSSR count). The van der Waals surface area contributed by atoms with E-state index in [1.54, 1.807) is 27.7 Å². The van der Waals surface area contributed by atoms with Gasteiger partial charge in [-0.05, 0) is 101 Å². The number of alkyl halides is 12. The molecule has 3 aliphatic heterocycles. The lowest BCUT2D eigenvalue weighted by molar-refractivity contribution is -0.376. The van der Waals surface area contributed by atoms with E-state index in [2.05, 4.69) is 15.9 Å². The van der Waals surface area contributed by atoms with Crippen LogP contribution in [0.3, 0.4) is 0 Å². The first-order valence-corrected chi connectivity index (χ1v) is 18.9. The van der Waals surface area contributed by atoms with E-state index in [-0.39, 0.29) is 32.3 Å². The van der Waals surface area contributed by atoms with Crippen molar-refractivity contribution in [1.82, 2.24) is 0 Å². The van der Waals surface area contributed by atoms with E-state index in [9.17, 15) is 57.8 Å². The number of hydrogen-bond acceptors (Lipinski definition) is 8. The van der Waals surface area contributed by atoms with E-state index in [1.807, 2.05) is 55.4 Å². The average molecular weight is 947 g/mol. The van der Waals surface area contributed by atoms with E-state index < -0.39 is 79.4 Å². The number of aliphatic hydroxyl groups is 2. The molecule has 3 heterocycles. The molecule has 8 nitrogen and oxygen atoms in total.